The standard InChI is InChI=1S/C17H18ClNO4/c1-2-21-17(20)19-10-11-22-14-6-8-15(9-7-14)23-16-5-3-4-13(18)12-16/h3-9,12H,2,10-11H2,1H3,(H,19,20). The van der Waals surface area contributed by atoms with Crippen LogP contribution in [0, 0.1) is 0 Å². The van der Waals surface area contributed by atoms with E-state index in [1.54, 1.807) is 43.3 Å². The average Bonchev–Trinajstić information content (AvgIpc) is 2.53. The monoisotopic (exact) mass is 335 g/mol. The number of hydrogen-bond acceptors (Lipinski definition) is 4. The molecule has 1 amide bonds. The molecular weight excluding hydrogens is 318 g/mol. The van der Waals surface area contributed by atoms with Crippen molar-refractivity contribution in [2.45, 2.75) is 6.92 Å². The molecule has 5 nitrogen and oxygen atoms in total. The van der Waals surface area contributed by atoms with Gasteiger partial charge in [0, 0.05) is 5.02 Å². The fourth-order valence-corrected chi connectivity index (χ4v) is 1.95. The van der Waals surface area contributed by atoms with Crippen LogP contribution >= 0.6 is 11.6 Å². The van der Waals surface area contributed by atoms with Crippen LogP contribution in [0.25, 0.3) is 0 Å². The summed E-state index contributed by atoms with van der Waals surface area (Å²) in [4.78, 5) is 11.1. The Morgan fingerprint density at radius 1 is 1.09 bits per heavy atom. The molecule has 0 bridgehead atoms. The van der Waals surface area contributed by atoms with Crippen molar-refractivity contribution in [1.29, 1.82) is 0 Å². The summed E-state index contributed by atoms with van der Waals surface area (Å²) in [7, 11) is 0. The van der Waals surface area contributed by atoms with Crippen molar-refractivity contribution < 1.29 is 19.0 Å². The van der Waals surface area contributed by atoms with E-state index in [1.807, 2.05) is 12.1 Å². The highest BCUT2D eigenvalue weighted by molar-refractivity contribution is 6.30. The number of hydrogen-bond donors (Lipinski definition) is 1. The Hall–Kier alpha value is -2.40. The molecule has 2 aromatic carbocycles. The van der Waals surface area contributed by atoms with Crippen molar-refractivity contribution in [2.75, 3.05) is 19.8 Å². The molecule has 0 aromatic heterocycles. The minimum atomic E-state index is -0.443. The topological polar surface area (TPSA) is 56.8 Å². The fourth-order valence-electron chi connectivity index (χ4n) is 1.77. The number of alkyl carbamates (subject to hydrolysis) is 1. The summed E-state index contributed by atoms with van der Waals surface area (Å²) in [6.45, 7) is 2.83. The van der Waals surface area contributed by atoms with Crippen LogP contribution < -0.4 is 14.8 Å². The third-order valence-corrected chi connectivity index (χ3v) is 3.01. The first kappa shape index (κ1) is 17.0. The molecule has 1 N–H and O–H groups in total. The molecular formula is C17H18ClNO4. The minimum absolute atomic E-state index is 0.348. The van der Waals surface area contributed by atoms with Crippen LogP contribution in [0.1, 0.15) is 6.92 Å². The van der Waals surface area contributed by atoms with Crippen molar-refractivity contribution in [3.05, 3.63) is 53.6 Å². The van der Waals surface area contributed by atoms with E-state index in [2.05, 4.69) is 5.32 Å². The molecule has 23 heavy (non-hydrogen) atoms. The normalized spacial score (nSPS) is 10.0. The van der Waals surface area contributed by atoms with E-state index in [0.29, 0.717) is 42.0 Å². The molecule has 6 heteroatoms. The maximum Gasteiger partial charge on any atom is 0.407 e. The second kappa shape index (κ2) is 8.90. The molecule has 2 aromatic rings. The van der Waals surface area contributed by atoms with Crippen LogP contribution in [0.4, 0.5) is 4.79 Å². The summed E-state index contributed by atoms with van der Waals surface area (Å²) in [6.07, 6.45) is -0.443. The van der Waals surface area contributed by atoms with Crippen LogP contribution in [0.15, 0.2) is 48.5 Å². The van der Waals surface area contributed by atoms with Gasteiger partial charge in [0.15, 0.2) is 0 Å². The molecule has 0 heterocycles. The molecule has 0 fully saturated rings. The van der Waals surface area contributed by atoms with Crippen LogP contribution in [0.3, 0.4) is 0 Å². The number of benzene rings is 2. The Bertz CT molecular complexity index is 631. The second-order valence-electron chi connectivity index (χ2n) is 4.53. The molecule has 0 unspecified atom stereocenters. The van der Waals surface area contributed by atoms with E-state index in [9.17, 15) is 4.79 Å². The summed E-state index contributed by atoms with van der Waals surface area (Å²) >= 11 is 5.91. The van der Waals surface area contributed by atoms with E-state index in [1.165, 1.54) is 0 Å². The number of halogens is 1. The van der Waals surface area contributed by atoms with Crippen molar-refractivity contribution in [3.63, 3.8) is 0 Å². The quantitative estimate of drug-likeness (QED) is 0.768. The van der Waals surface area contributed by atoms with Gasteiger partial charge in [-0.15, -0.1) is 0 Å². The minimum Gasteiger partial charge on any atom is -0.492 e. The predicted molar refractivity (Wildman–Crippen MR) is 88.5 cm³/mol. The third kappa shape index (κ3) is 6.08. The highest BCUT2D eigenvalue weighted by atomic mass is 35.5. The van der Waals surface area contributed by atoms with Gasteiger partial charge in [-0.25, -0.2) is 4.79 Å². The maximum atomic E-state index is 11.1. The molecule has 0 aliphatic heterocycles. The number of amides is 1. The van der Waals surface area contributed by atoms with Crippen molar-refractivity contribution in [2.24, 2.45) is 0 Å². The molecule has 0 atom stereocenters. The van der Waals surface area contributed by atoms with Crippen molar-refractivity contribution >= 4 is 17.7 Å². The van der Waals surface area contributed by atoms with E-state index in [4.69, 9.17) is 25.8 Å². The Morgan fingerprint density at radius 3 is 2.52 bits per heavy atom. The summed E-state index contributed by atoms with van der Waals surface area (Å²) in [5.41, 5.74) is 0. The Kier molecular flexibility index (Phi) is 6.56. The van der Waals surface area contributed by atoms with Crippen molar-refractivity contribution in [1.82, 2.24) is 5.32 Å². The van der Waals surface area contributed by atoms with Gasteiger partial charge in [0.25, 0.3) is 0 Å². The molecule has 122 valence electrons. The van der Waals surface area contributed by atoms with Crippen LogP contribution in [-0.4, -0.2) is 25.9 Å². The molecule has 2 rings (SSSR count). The van der Waals surface area contributed by atoms with Gasteiger partial charge in [-0.05, 0) is 49.4 Å². The van der Waals surface area contributed by atoms with Crippen LogP contribution in [-0.2, 0) is 4.74 Å². The zero-order chi connectivity index (χ0) is 16.5. The lowest BCUT2D eigenvalue weighted by molar-refractivity contribution is 0.150. The Labute approximate surface area is 140 Å². The lowest BCUT2D eigenvalue weighted by Crippen LogP contribution is -2.28. The predicted octanol–water partition coefficient (Wildman–Crippen LogP) is 4.26. The highest BCUT2D eigenvalue weighted by Crippen LogP contribution is 2.25. The number of ether oxygens (including phenoxy) is 3. The smallest absolute Gasteiger partial charge is 0.407 e. The van der Waals surface area contributed by atoms with E-state index in [-0.39, 0.29) is 0 Å². The van der Waals surface area contributed by atoms with Gasteiger partial charge in [-0.1, -0.05) is 17.7 Å². The highest BCUT2D eigenvalue weighted by Gasteiger charge is 2.01. The lowest BCUT2D eigenvalue weighted by Gasteiger charge is -2.09. The van der Waals surface area contributed by atoms with Crippen LogP contribution in [0.2, 0.25) is 5.02 Å². The van der Waals surface area contributed by atoms with E-state index >= 15 is 0 Å². The van der Waals surface area contributed by atoms with Gasteiger partial charge in [0.05, 0.1) is 13.2 Å². The van der Waals surface area contributed by atoms with Crippen molar-refractivity contribution in [3.8, 4) is 17.2 Å². The first-order valence-corrected chi connectivity index (χ1v) is 7.62. The molecule has 0 saturated heterocycles. The SMILES string of the molecule is CCOC(=O)NCCOc1ccc(Oc2cccc(Cl)c2)cc1. The van der Waals surface area contributed by atoms with Gasteiger partial charge < -0.3 is 19.5 Å². The molecule has 0 aliphatic carbocycles. The third-order valence-electron chi connectivity index (χ3n) is 2.77. The van der Waals surface area contributed by atoms with Gasteiger partial charge in [-0.3, -0.25) is 0 Å². The fraction of sp³-hybridized carbons (Fsp3) is 0.235. The molecule has 0 spiro atoms. The van der Waals surface area contributed by atoms with Crippen LogP contribution in [0.5, 0.6) is 17.2 Å². The number of carbonyl (C=O) groups is 1. The summed E-state index contributed by atoms with van der Waals surface area (Å²) in [5.74, 6) is 2.04. The largest absolute Gasteiger partial charge is 0.492 e. The number of nitrogens with one attached hydrogen (secondary N) is 1. The Balaban J connectivity index is 1.77. The lowest BCUT2D eigenvalue weighted by atomic mass is 10.3. The first-order valence-electron chi connectivity index (χ1n) is 7.24. The zero-order valence-corrected chi connectivity index (χ0v) is 13.5. The number of carbonyl (C=O) groups excluding carboxylic acids is 1. The summed E-state index contributed by atoms with van der Waals surface area (Å²) in [5, 5.41) is 3.20. The maximum absolute atomic E-state index is 11.1. The summed E-state index contributed by atoms with van der Waals surface area (Å²) in [6, 6.07) is 14.4. The Morgan fingerprint density at radius 2 is 1.83 bits per heavy atom. The van der Waals surface area contributed by atoms with Gasteiger partial charge in [0.1, 0.15) is 23.9 Å². The summed E-state index contributed by atoms with van der Waals surface area (Å²) < 4.78 is 15.9. The first-order chi connectivity index (χ1) is 11.2. The van der Waals surface area contributed by atoms with E-state index in [0.717, 1.165) is 0 Å². The zero-order valence-electron chi connectivity index (χ0n) is 12.8. The van der Waals surface area contributed by atoms with Gasteiger partial charge in [-0.2, -0.15) is 0 Å². The second-order valence-corrected chi connectivity index (χ2v) is 4.96. The number of rotatable bonds is 7. The molecule has 0 saturated carbocycles. The molecule has 0 radical (unpaired) electrons. The van der Waals surface area contributed by atoms with Gasteiger partial charge in [0.2, 0.25) is 0 Å². The molecule has 0 aliphatic rings. The van der Waals surface area contributed by atoms with Gasteiger partial charge >= 0.3 is 6.09 Å². The average molecular weight is 336 g/mol. The van der Waals surface area contributed by atoms with E-state index < -0.39 is 6.09 Å².